The Morgan fingerprint density at radius 2 is 2.00 bits per heavy atom. The molecule has 0 N–H and O–H groups in total. The third-order valence-corrected chi connectivity index (χ3v) is 2.19. The Morgan fingerprint density at radius 3 is 2.38 bits per heavy atom. The Labute approximate surface area is 84.4 Å². The lowest BCUT2D eigenvalue weighted by molar-refractivity contribution is 0.544. The maximum atomic E-state index is 5.98. The molecule has 0 atom stereocenters. The number of halogens is 1. The number of nitrogens with zero attached hydrogens (tertiary/aromatic N) is 2. The van der Waals surface area contributed by atoms with Crippen LogP contribution in [-0.2, 0) is 11.8 Å². The van der Waals surface area contributed by atoms with Gasteiger partial charge in [0.2, 0.25) is 0 Å². The van der Waals surface area contributed by atoms with E-state index in [0.29, 0.717) is 5.15 Å². The zero-order chi connectivity index (χ0) is 10.1. The maximum Gasteiger partial charge on any atom is 0.135 e. The highest BCUT2D eigenvalue weighted by atomic mass is 35.5. The minimum absolute atomic E-state index is 0.0318. The first kappa shape index (κ1) is 10.5. The Kier molecular flexibility index (Phi) is 2.91. The van der Waals surface area contributed by atoms with Crippen LogP contribution in [0.15, 0.2) is 6.20 Å². The molecule has 0 aromatic carbocycles. The SMILES string of the molecule is CCc1cnc(C(C)(C)C)nc1Cl. The van der Waals surface area contributed by atoms with Crippen molar-refractivity contribution in [2.75, 3.05) is 0 Å². The molecule has 0 fully saturated rings. The van der Waals surface area contributed by atoms with Crippen LogP contribution in [0.4, 0.5) is 0 Å². The molecule has 2 nitrogen and oxygen atoms in total. The second-order valence-corrected chi connectivity index (χ2v) is 4.47. The van der Waals surface area contributed by atoms with E-state index in [0.717, 1.165) is 17.8 Å². The fraction of sp³-hybridized carbons (Fsp3) is 0.600. The fourth-order valence-electron chi connectivity index (χ4n) is 0.984. The van der Waals surface area contributed by atoms with Crippen molar-refractivity contribution in [2.24, 2.45) is 0 Å². The summed E-state index contributed by atoms with van der Waals surface area (Å²) in [5.74, 6) is 0.801. The van der Waals surface area contributed by atoms with Crippen LogP contribution in [0.25, 0.3) is 0 Å². The van der Waals surface area contributed by atoms with Crippen molar-refractivity contribution in [1.82, 2.24) is 9.97 Å². The van der Waals surface area contributed by atoms with E-state index in [4.69, 9.17) is 11.6 Å². The van der Waals surface area contributed by atoms with Crippen molar-refractivity contribution in [3.8, 4) is 0 Å². The highest BCUT2D eigenvalue weighted by Crippen LogP contribution is 2.21. The van der Waals surface area contributed by atoms with Gasteiger partial charge in [0, 0.05) is 17.2 Å². The molecule has 0 unspecified atom stereocenters. The monoisotopic (exact) mass is 198 g/mol. The average Bonchev–Trinajstić information content (AvgIpc) is 2.02. The van der Waals surface area contributed by atoms with E-state index in [9.17, 15) is 0 Å². The second kappa shape index (κ2) is 3.62. The van der Waals surface area contributed by atoms with Gasteiger partial charge in [-0.25, -0.2) is 9.97 Å². The van der Waals surface area contributed by atoms with Crippen LogP contribution >= 0.6 is 11.6 Å². The molecule has 72 valence electrons. The second-order valence-electron chi connectivity index (χ2n) is 4.11. The van der Waals surface area contributed by atoms with Gasteiger partial charge >= 0.3 is 0 Å². The van der Waals surface area contributed by atoms with E-state index in [1.54, 1.807) is 0 Å². The molecule has 0 aliphatic heterocycles. The molecule has 0 aliphatic carbocycles. The third kappa shape index (κ3) is 2.41. The third-order valence-electron chi connectivity index (χ3n) is 1.86. The lowest BCUT2D eigenvalue weighted by Crippen LogP contribution is -2.16. The average molecular weight is 199 g/mol. The number of aromatic nitrogens is 2. The van der Waals surface area contributed by atoms with Crippen LogP contribution in [0.5, 0.6) is 0 Å². The molecule has 1 aromatic rings. The molecule has 0 radical (unpaired) electrons. The van der Waals surface area contributed by atoms with E-state index in [2.05, 4.69) is 30.7 Å². The number of hydrogen-bond donors (Lipinski definition) is 0. The summed E-state index contributed by atoms with van der Waals surface area (Å²) in [5, 5.41) is 0.586. The van der Waals surface area contributed by atoms with Crippen molar-refractivity contribution in [1.29, 1.82) is 0 Å². The first-order valence-electron chi connectivity index (χ1n) is 4.47. The number of hydrogen-bond acceptors (Lipinski definition) is 2. The summed E-state index contributed by atoms with van der Waals surface area (Å²) in [6, 6.07) is 0. The predicted molar refractivity (Wildman–Crippen MR) is 55.1 cm³/mol. The zero-order valence-corrected chi connectivity index (χ0v) is 9.31. The van der Waals surface area contributed by atoms with Gasteiger partial charge in [-0.2, -0.15) is 0 Å². The molecule has 0 amide bonds. The zero-order valence-electron chi connectivity index (χ0n) is 8.56. The first-order valence-corrected chi connectivity index (χ1v) is 4.85. The number of aryl methyl sites for hydroxylation is 1. The topological polar surface area (TPSA) is 25.8 Å². The van der Waals surface area contributed by atoms with Gasteiger partial charge < -0.3 is 0 Å². The van der Waals surface area contributed by atoms with Crippen molar-refractivity contribution >= 4 is 11.6 Å². The van der Waals surface area contributed by atoms with Gasteiger partial charge in [-0.15, -0.1) is 0 Å². The molecule has 0 saturated heterocycles. The summed E-state index contributed by atoms with van der Waals surface area (Å²) in [6.45, 7) is 8.26. The van der Waals surface area contributed by atoms with Crippen LogP contribution in [0.3, 0.4) is 0 Å². The lowest BCUT2D eigenvalue weighted by Gasteiger charge is -2.16. The van der Waals surface area contributed by atoms with Gasteiger partial charge in [0.1, 0.15) is 11.0 Å². The molecule has 1 rings (SSSR count). The smallest absolute Gasteiger partial charge is 0.135 e. The summed E-state index contributed by atoms with van der Waals surface area (Å²) in [5.41, 5.74) is 0.977. The van der Waals surface area contributed by atoms with E-state index in [1.807, 2.05) is 13.1 Å². The Morgan fingerprint density at radius 1 is 1.38 bits per heavy atom. The molecule has 1 heterocycles. The minimum atomic E-state index is -0.0318. The summed E-state index contributed by atoms with van der Waals surface area (Å²) in [6.07, 6.45) is 2.69. The van der Waals surface area contributed by atoms with Crippen LogP contribution < -0.4 is 0 Å². The molecular weight excluding hydrogens is 184 g/mol. The molecule has 3 heteroatoms. The molecule has 0 aliphatic rings. The van der Waals surface area contributed by atoms with Crippen LogP contribution in [0, 0.1) is 0 Å². The predicted octanol–water partition coefficient (Wildman–Crippen LogP) is 2.99. The van der Waals surface area contributed by atoms with E-state index < -0.39 is 0 Å². The molecular formula is C10H15ClN2. The van der Waals surface area contributed by atoms with E-state index >= 15 is 0 Å². The van der Waals surface area contributed by atoms with Gasteiger partial charge in [-0.05, 0) is 6.42 Å². The van der Waals surface area contributed by atoms with Gasteiger partial charge in [-0.3, -0.25) is 0 Å². The standard InChI is InChI=1S/C10H15ClN2/c1-5-7-6-12-9(10(2,3)4)13-8(7)11/h6H,5H2,1-4H3. The molecule has 13 heavy (non-hydrogen) atoms. The van der Waals surface area contributed by atoms with Gasteiger partial charge in [-0.1, -0.05) is 39.3 Å². The van der Waals surface area contributed by atoms with Crippen molar-refractivity contribution in [3.63, 3.8) is 0 Å². The van der Waals surface area contributed by atoms with Gasteiger partial charge in [0.25, 0.3) is 0 Å². The first-order chi connectivity index (χ1) is 5.95. The largest absolute Gasteiger partial charge is 0.240 e. The van der Waals surface area contributed by atoms with E-state index in [-0.39, 0.29) is 5.41 Å². The molecule has 1 aromatic heterocycles. The minimum Gasteiger partial charge on any atom is -0.240 e. The van der Waals surface area contributed by atoms with Crippen molar-refractivity contribution in [3.05, 3.63) is 22.7 Å². The number of rotatable bonds is 1. The quantitative estimate of drug-likeness (QED) is 0.649. The summed E-state index contributed by atoms with van der Waals surface area (Å²) in [7, 11) is 0. The molecule has 0 saturated carbocycles. The van der Waals surface area contributed by atoms with Crippen LogP contribution in [0.1, 0.15) is 39.1 Å². The normalized spacial score (nSPS) is 11.8. The van der Waals surface area contributed by atoms with Gasteiger partial charge in [0.05, 0.1) is 0 Å². The highest BCUT2D eigenvalue weighted by Gasteiger charge is 2.18. The molecule has 0 bridgehead atoms. The van der Waals surface area contributed by atoms with E-state index in [1.165, 1.54) is 0 Å². The van der Waals surface area contributed by atoms with Gasteiger partial charge in [0.15, 0.2) is 0 Å². The summed E-state index contributed by atoms with van der Waals surface area (Å²) < 4.78 is 0. The lowest BCUT2D eigenvalue weighted by atomic mass is 9.96. The van der Waals surface area contributed by atoms with Crippen LogP contribution in [-0.4, -0.2) is 9.97 Å². The Bertz CT molecular complexity index is 302. The highest BCUT2D eigenvalue weighted by molar-refractivity contribution is 6.30. The summed E-state index contributed by atoms with van der Waals surface area (Å²) >= 11 is 5.98. The molecule has 0 spiro atoms. The van der Waals surface area contributed by atoms with Crippen LogP contribution in [0.2, 0.25) is 5.15 Å². The van der Waals surface area contributed by atoms with Crippen molar-refractivity contribution < 1.29 is 0 Å². The Hall–Kier alpha value is -0.630. The fourth-order valence-corrected chi connectivity index (χ4v) is 1.25. The van der Waals surface area contributed by atoms with Crippen molar-refractivity contribution in [2.45, 2.75) is 39.5 Å². The Balaban J connectivity index is 3.10. The maximum absolute atomic E-state index is 5.98. The summed E-state index contributed by atoms with van der Waals surface area (Å²) in [4.78, 5) is 8.56.